The van der Waals surface area contributed by atoms with Gasteiger partial charge in [-0.05, 0) is 17.7 Å². The van der Waals surface area contributed by atoms with Crippen LogP contribution in [0.15, 0.2) is 45.1 Å². The number of carbonyl (C=O) groups excluding carboxylic acids is 1. The van der Waals surface area contributed by atoms with Crippen LogP contribution in [0.5, 0.6) is 0 Å². The van der Waals surface area contributed by atoms with Crippen molar-refractivity contribution in [3.63, 3.8) is 0 Å². The number of hydrogen-bond acceptors (Lipinski definition) is 5. The first-order valence-corrected chi connectivity index (χ1v) is 6.26. The summed E-state index contributed by atoms with van der Waals surface area (Å²) in [5, 5.41) is 15.2. The van der Waals surface area contributed by atoms with E-state index in [4.69, 9.17) is 9.66 Å². The smallest absolute Gasteiger partial charge is 0.357 e. The van der Waals surface area contributed by atoms with E-state index < -0.39 is 27.7 Å². The van der Waals surface area contributed by atoms with Crippen LogP contribution in [0, 0.1) is 0 Å². The van der Waals surface area contributed by atoms with Gasteiger partial charge in [-0.1, -0.05) is 12.1 Å². The highest BCUT2D eigenvalue weighted by molar-refractivity contribution is 7.85. The summed E-state index contributed by atoms with van der Waals surface area (Å²) in [6.45, 7) is 0. The summed E-state index contributed by atoms with van der Waals surface area (Å²) in [6.07, 6.45) is 0. The molecule has 1 aromatic carbocycles. The molecule has 19 heavy (non-hydrogen) atoms. The van der Waals surface area contributed by atoms with Gasteiger partial charge in [-0.25, -0.2) is 4.79 Å². The average Bonchev–Trinajstić information content (AvgIpc) is 2.70. The Morgan fingerprint density at radius 1 is 1.11 bits per heavy atom. The normalized spacial score (nSPS) is 15.1. The number of amides is 1. The molecule has 0 saturated heterocycles. The van der Waals surface area contributed by atoms with Crippen LogP contribution in [0.4, 0.5) is 0 Å². The van der Waals surface area contributed by atoms with Gasteiger partial charge in [0.2, 0.25) is 0 Å². The number of carboxylic acids is 1. The molecule has 2 N–H and O–H groups in total. The van der Waals surface area contributed by atoms with Crippen LogP contribution in [-0.2, 0) is 19.7 Å². The molecule has 8 nitrogen and oxygen atoms in total. The molecular weight excluding hydrogens is 276 g/mol. The highest BCUT2D eigenvalue weighted by Gasteiger charge is 2.27. The van der Waals surface area contributed by atoms with Crippen molar-refractivity contribution in [1.82, 2.24) is 0 Å². The molecule has 0 atom stereocenters. The maximum absolute atomic E-state index is 11.4. The molecule has 0 spiro atoms. The molecule has 0 radical (unpaired) electrons. The quantitative estimate of drug-likeness (QED) is 0.784. The highest BCUT2D eigenvalue weighted by Crippen LogP contribution is 2.27. The Hall–Kier alpha value is -2.39. The van der Waals surface area contributed by atoms with Crippen molar-refractivity contribution in [3.8, 4) is 0 Å². The zero-order chi connectivity index (χ0) is 14.2. The minimum atomic E-state index is -4.35. The lowest BCUT2D eigenvalue weighted by Crippen LogP contribution is -2.04. The minimum Gasteiger partial charge on any atom is -0.476 e. The van der Waals surface area contributed by atoms with Crippen LogP contribution in [0.25, 0.3) is 5.57 Å². The first kappa shape index (κ1) is 13.1. The van der Waals surface area contributed by atoms with Crippen molar-refractivity contribution in [2.24, 2.45) is 10.2 Å². The van der Waals surface area contributed by atoms with Crippen LogP contribution in [0.1, 0.15) is 5.56 Å². The zero-order valence-electron chi connectivity index (χ0n) is 9.14. The number of azo groups is 1. The molecule has 1 amide bonds. The lowest BCUT2D eigenvalue weighted by Gasteiger charge is -2.02. The van der Waals surface area contributed by atoms with E-state index in [1.54, 1.807) is 0 Å². The Kier molecular flexibility index (Phi) is 3.00. The van der Waals surface area contributed by atoms with Crippen LogP contribution in [0.3, 0.4) is 0 Å². The molecule has 98 valence electrons. The van der Waals surface area contributed by atoms with Gasteiger partial charge >= 0.3 is 5.97 Å². The molecule has 9 heteroatoms. The number of hydrogen-bond donors (Lipinski definition) is 2. The predicted octanol–water partition coefficient (Wildman–Crippen LogP) is 0.721. The SMILES string of the molecule is O=C(O)C1=C(c2ccc(S(=O)(=O)O)cc2)C(=O)N=N1. The third-order valence-electron chi connectivity index (χ3n) is 2.33. The molecule has 0 bridgehead atoms. The van der Waals surface area contributed by atoms with Crippen molar-refractivity contribution in [2.75, 3.05) is 0 Å². The standard InChI is InChI=1S/C10H6N2O6S/c13-9-7(8(10(14)15)11-12-9)5-1-3-6(4-2-5)19(16,17)18/h1-4H,(H,14,15)(H,16,17,18). The van der Waals surface area contributed by atoms with E-state index in [0.29, 0.717) is 0 Å². The van der Waals surface area contributed by atoms with Gasteiger partial charge in [0, 0.05) is 0 Å². The fraction of sp³-hybridized carbons (Fsp3) is 0. The maximum Gasteiger partial charge on any atom is 0.357 e. The van der Waals surface area contributed by atoms with Crippen LogP contribution in [-0.4, -0.2) is 30.0 Å². The van der Waals surface area contributed by atoms with Gasteiger partial charge in [-0.2, -0.15) is 8.42 Å². The van der Waals surface area contributed by atoms with Crippen molar-refractivity contribution in [2.45, 2.75) is 4.90 Å². The second-order valence-corrected chi connectivity index (χ2v) is 4.95. The van der Waals surface area contributed by atoms with Gasteiger partial charge in [-0.15, -0.1) is 10.2 Å². The van der Waals surface area contributed by atoms with Gasteiger partial charge in [0.05, 0.1) is 10.5 Å². The van der Waals surface area contributed by atoms with E-state index in [2.05, 4.69) is 10.2 Å². The topological polar surface area (TPSA) is 133 Å². The molecule has 1 heterocycles. The third kappa shape index (κ3) is 2.41. The monoisotopic (exact) mass is 282 g/mol. The molecule has 1 aliphatic heterocycles. The Bertz CT molecular complexity index is 730. The van der Waals surface area contributed by atoms with E-state index in [-0.39, 0.29) is 16.0 Å². The first-order chi connectivity index (χ1) is 8.80. The van der Waals surface area contributed by atoms with E-state index in [0.717, 1.165) is 12.1 Å². The van der Waals surface area contributed by atoms with Gasteiger partial charge in [-0.3, -0.25) is 9.35 Å². The van der Waals surface area contributed by atoms with Crippen LogP contribution < -0.4 is 0 Å². The molecule has 0 aromatic heterocycles. The van der Waals surface area contributed by atoms with Crippen molar-refractivity contribution in [3.05, 3.63) is 35.5 Å². The summed E-state index contributed by atoms with van der Waals surface area (Å²) in [5.74, 6) is -2.24. The Morgan fingerprint density at radius 3 is 2.16 bits per heavy atom. The number of aliphatic carboxylic acids is 1. The molecule has 1 aromatic rings. The summed E-state index contributed by atoms with van der Waals surface area (Å²) in [5.41, 5.74) is -0.584. The predicted molar refractivity (Wildman–Crippen MR) is 60.7 cm³/mol. The fourth-order valence-electron chi connectivity index (χ4n) is 1.50. The number of nitrogens with zero attached hydrogens (tertiary/aromatic N) is 2. The number of carboxylic acid groups (broad SMARTS) is 1. The molecular formula is C10H6N2O6S. The number of benzene rings is 1. The third-order valence-corrected chi connectivity index (χ3v) is 3.20. The van der Waals surface area contributed by atoms with Crippen LogP contribution >= 0.6 is 0 Å². The maximum atomic E-state index is 11.4. The van der Waals surface area contributed by atoms with Gasteiger partial charge in [0.25, 0.3) is 16.0 Å². The second-order valence-electron chi connectivity index (χ2n) is 3.53. The minimum absolute atomic E-state index is 0.153. The first-order valence-electron chi connectivity index (χ1n) is 4.82. The van der Waals surface area contributed by atoms with E-state index in [1.807, 2.05) is 0 Å². The van der Waals surface area contributed by atoms with E-state index >= 15 is 0 Å². The average molecular weight is 282 g/mol. The van der Waals surface area contributed by atoms with Crippen LogP contribution in [0.2, 0.25) is 0 Å². The molecule has 0 saturated carbocycles. The largest absolute Gasteiger partial charge is 0.476 e. The Balaban J connectivity index is 2.52. The van der Waals surface area contributed by atoms with E-state index in [9.17, 15) is 18.0 Å². The molecule has 2 rings (SSSR count). The number of carbonyl (C=O) groups is 2. The Labute approximate surface area is 106 Å². The summed E-state index contributed by atoms with van der Waals surface area (Å²) in [6, 6.07) is 4.47. The highest BCUT2D eigenvalue weighted by atomic mass is 32.2. The molecule has 0 unspecified atom stereocenters. The van der Waals surface area contributed by atoms with Gasteiger partial charge in [0.15, 0.2) is 5.70 Å². The lowest BCUT2D eigenvalue weighted by molar-refractivity contribution is -0.132. The summed E-state index contributed by atoms with van der Waals surface area (Å²) in [4.78, 5) is 21.9. The lowest BCUT2D eigenvalue weighted by atomic mass is 10.0. The van der Waals surface area contributed by atoms with Crippen molar-refractivity contribution in [1.29, 1.82) is 0 Å². The number of rotatable bonds is 3. The fourth-order valence-corrected chi connectivity index (χ4v) is 1.98. The van der Waals surface area contributed by atoms with Gasteiger partial charge in [0.1, 0.15) is 0 Å². The van der Waals surface area contributed by atoms with E-state index in [1.165, 1.54) is 12.1 Å². The second kappa shape index (κ2) is 4.37. The van der Waals surface area contributed by atoms with Gasteiger partial charge < -0.3 is 5.11 Å². The summed E-state index contributed by atoms with van der Waals surface area (Å²) >= 11 is 0. The van der Waals surface area contributed by atoms with Crippen molar-refractivity contribution >= 4 is 27.6 Å². The molecule has 1 aliphatic rings. The Morgan fingerprint density at radius 2 is 1.68 bits per heavy atom. The zero-order valence-corrected chi connectivity index (χ0v) is 9.96. The summed E-state index contributed by atoms with van der Waals surface area (Å²) < 4.78 is 30.5. The molecule has 0 aliphatic carbocycles. The molecule has 0 fully saturated rings. The summed E-state index contributed by atoms with van der Waals surface area (Å²) in [7, 11) is -4.35. The van der Waals surface area contributed by atoms with Crippen molar-refractivity contribution < 1.29 is 27.7 Å².